The molecule has 2 aliphatic rings. The van der Waals surface area contributed by atoms with Crippen molar-refractivity contribution in [2.45, 2.75) is 57.8 Å². The monoisotopic (exact) mass is 267 g/mol. The van der Waals surface area contributed by atoms with E-state index in [1.807, 2.05) is 0 Å². The molecule has 4 nitrogen and oxygen atoms in total. The molecule has 1 atom stereocenters. The number of carbonyl (C=O) groups excluding carboxylic acids is 1. The van der Waals surface area contributed by atoms with Crippen molar-refractivity contribution >= 4 is 11.9 Å². The Kier molecular flexibility index (Phi) is 5.23. The second-order valence-electron chi connectivity index (χ2n) is 6.08. The molecule has 0 radical (unpaired) electrons. The van der Waals surface area contributed by atoms with Gasteiger partial charge in [0.05, 0.1) is 5.92 Å². The van der Waals surface area contributed by atoms with Gasteiger partial charge in [-0.1, -0.05) is 25.7 Å². The maximum Gasteiger partial charge on any atom is 0.308 e. The third kappa shape index (κ3) is 4.22. The van der Waals surface area contributed by atoms with Gasteiger partial charge in [0.1, 0.15) is 0 Å². The van der Waals surface area contributed by atoms with E-state index in [2.05, 4.69) is 0 Å². The van der Waals surface area contributed by atoms with Crippen LogP contribution in [0.4, 0.5) is 0 Å². The minimum atomic E-state index is -0.757. The van der Waals surface area contributed by atoms with Gasteiger partial charge in [-0.05, 0) is 31.6 Å². The van der Waals surface area contributed by atoms with Crippen molar-refractivity contribution in [2.24, 2.45) is 11.8 Å². The highest BCUT2D eigenvalue weighted by molar-refractivity contribution is 5.78. The smallest absolute Gasteiger partial charge is 0.308 e. The number of nitrogens with zero attached hydrogens (tertiary/aromatic N) is 1. The highest BCUT2D eigenvalue weighted by Gasteiger charge is 2.29. The summed E-state index contributed by atoms with van der Waals surface area (Å²) in [5.41, 5.74) is 0. The standard InChI is InChI=1S/C15H25NO3/c17-14(10-12-6-3-1-2-4-7-12)16-9-5-8-13(11-16)15(18)19/h12-13H,1-11H2,(H,18,19). The minimum Gasteiger partial charge on any atom is -0.481 e. The Hall–Kier alpha value is -1.06. The van der Waals surface area contributed by atoms with Crippen molar-refractivity contribution in [2.75, 3.05) is 13.1 Å². The Morgan fingerprint density at radius 2 is 1.68 bits per heavy atom. The molecule has 0 spiro atoms. The number of amides is 1. The molecule has 0 bridgehead atoms. The van der Waals surface area contributed by atoms with Gasteiger partial charge in [0.2, 0.25) is 5.91 Å². The fourth-order valence-corrected chi connectivity index (χ4v) is 3.35. The molecule has 108 valence electrons. The zero-order valence-corrected chi connectivity index (χ0v) is 11.6. The summed E-state index contributed by atoms with van der Waals surface area (Å²) in [7, 11) is 0. The first-order valence-electron chi connectivity index (χ1n) is 7.67. The average Bonchev–Trinajstić information content (AvgIpc) is 2.67. The highest BCUT2D eigenvalue weighted by Crippen LogP contribution is 2.27. The van der Waals surface area contributed by atoms with Gasteiger partial charge in [0.25, 0.3) is 0 Å². The zero-order chi connectivity index (χ0) is 13.7. The van der Waals surface area contributed by atoms with Crippen molar-refractivity contribution in [1.82, 2.24) is 4.90 Å². The van der Waals surface area contributed by atoms with Crippen LogP contribution in [0.1, 0.15) is 57.8 Å². The Morgan fingerprint density at radius 1 is 1.00 bits per heavy atom. The van der Waals surface area contributed by atoms with Gasteiger partial charge in [-0.15, -0.1) is 0 Å². The Balaban J connectivity index is 1.83. The summed E-state index contributed by atoms with van der Waals surface area (Å²) in [4.78, 5) is 25.1. The molecule has 1 saturated heterocycles. The summed E-state index contributed by atoms with van der Waals surface area (Å²) in [6.45, 7) is 1.16. The van der Waals surface area contributed by atoms with Crippen LogP contribution in [0.5, 0.6) is 0 Å². The van der Waals surface area contributed by atoms with Gasteiger partial charge >= 0.3 is 5.97 Å². The third-order valence-corrected chi connectivity index (χ3v) is 4.56. The van der Waals surface area contributed by atoms with E-state index in [0.717, 1.165) is 13.0 Å². The van der Waals surface area contributed by atoms with Crippen LogP contribution in [0.2, 0.25) is 0 Å². The molecule has 2 rings (SSSR count). The maximum atomic E-state index is 12.3. The molecule has 2 fully saturated rings. The number of likely N-dealkylation sites (tertiary alicyclic amines) is 1. The molecular weight excluding hydrogens is 242 g/mol. The normalized spacial score (nSPS) is 25.9. The quantitative estimate of drug-likeness (QED) is 0.800. The first-order chi connectivity index (χ1) is 9.16. The number of carbonyl (C=O) groups is 2. The lowest BCUT2D eigenvalue weighted by Crippen LogP contribution is -2.42. The van der Waals surface area contributed by atoms with Gasteiger partial charge in [-0.3, -0.25) is 9.59 Å². The second kappa shape index (κ2) is 6.92. The topological polar surface area (TPSA) is 57.6 Å². The molecule has 0 aromatic heterocycles. The number of hydrogen-bond donors (Lipinski definition) is 1. The first-order valence-corrected chi connectivity index (χ1v) is 7.67. The van der Waals surface area contributed by atoms with Gasteiger partial charge in [-0.25, -0.2) is 0 Å². The van der Waals surface area contributed by atoms with Gasteiger partial charge in [0.15, 0.2) is 0 Å². The second-order valence-corrected chi connectivity index (χ2v) is 6.08. The van der Waals surface area contributed by atoms with E-state index in [1.54, 1.807) is 4.90 Å². The predicted molar refractivity (Wildman–Crippen MR) is 72.7 cm³/mol. The van der Waals surface area contributed by atoms with Gasteiger partial charge in [-0.2, -0.15) is 0 Å². The van der Waals surface area contributed by atoms with Crippen LogP contribution in [-0.2, 0) is 9.59 Å². The number of piperidine rings is 1. The molecular formula is C15H25NO3. The third-order valence-electron chi connectivity index (χ3n) is 4.56. The number of hydrogen-bond acceptors (Lipinski definition) is 2. The highest BCUT2D eigenvalue weighted by atomic mass is 16.4. The predicted octanol–water partition coefficient (Wildman–Crippen LogP) is 2.67. The summed E-state index contributed by atoms with van der Waals surface area (Å²) in [6.07, 6.45) is 9.60. The molecule has 1 saturated carbocycles. The lowest BCUT2D eigenvalue weighted by Gasteiger charge is -2.31. The minimum absolute atomic E-state index is 0.179. The van der Waals surface area contributed by atoms with E-state index >= 15 is 0 Å². The van der Waals surface area contributed by atoms with Crippen molar-refractivity contribution in [3.8, 4) is 0 Å². The van der Waals surface area contributed by atoms with Crippen LogP contribution in [0.25, 0.3) is 0 Å². The number of rotatable bonds is 3. The Bertz CT molecular complexity index is 321. The van der Waals surface area contributed by atoms with Crippen LogP contribution in [0, 0.1) is 11.8 Å². The van der Waals surface area contributed by atoms with Crippen LogP contribution >= 0.6 is 0 Å². The molecule has 1 amide bonds. The van der Waals surface area contributed by atoms with Gasteiger partial charge in [0, 0.05) is 19.5 Å². The number of carboxylic acid groups (broad SMARTS) is 1. The van der Waals surface area contributed by atoms with Crippen LogP contribution < -0.4 is 0 Å². The lowest BCUT2D eigenvalue weighted by atomic mass is 9.94. The van der Waals surface area contributed by atoms with Crippen LogP contribution in [-0.4, -0.2) is 35.0 Å². The Labute approximate surface area is 115 Å². The number of aliphatic carboxylic acids is 1. The van der Waals surface area contributed by atoms with Crippen molar-refractivity contribution in [1.29, 1.82) is 0 Å². The Morgan fingerprint density at radius 3 is 2.32 bits per heavy atom. The van der Waals surface area contributed by atoms with Gasteiger partial charge < -0.3 is 10.0 Å². The molecule has 0 aromatic rings. The van der Waals surface area contributed by atoms with E-state index in [9.17, 15) is 9.59 Å². The molecule has 1 aliphatic carbocycles. The molecule has 1 unspecified atom stereocenters. The largest absolute Gasteiger partial charge is 0.481 e. The number of carboxylic acids is 1. The van der Waals surface area contributed by atoms with E-state index < -0.39 is 5.97 Å². The molecule has 1 N–H and O–H groups in total. The van der Waals surface area contributed by atoms with Crippen LogP contribution in [0.3, 0.4) is 0 Å². The average molecular weight is 267 g/mol. The summed E-state index contributed by atoms with van der Waals surface area (Å²) in [5.74, 6) is -0.406. The fourth-order valence-electron chi connectivity index (χ4n) is 3.35. The lowest BCUT2D eigenvalue weighted by molar-refractivity contribution is -0.145. The molecule has 1 heterocycles. The SMILES string of the molecule is O=C(O)C1CCCN(C(=O)CC2CCCCCC2)C1. The van der Waals surface area contributed by atoms with E-state index in [4.69, 9.17) is 5.11 Å². The first kappa shape index (κ1) is 14.4. The molecule has 19 heavy (non-hydrogen) atoms. The zero-order valence-electron chi connectivity index (χ0n) is 11.6. The summed E-state index contributed by atoms with van der Waals surface area (Å²) >= 11 is 0. The fraction of sp³-hybridized carbons (Fsp3) is 0.867. The molecule has 1 aliphatic heterocycles. The van der Waals surface area contributed by atoms with Crippen LogP contribution in [0.15, 0.2) is 0 Å². The van der Waals surface area contributed by atoms with Crippen molar-refractivity contribution < 1.29 is 14.7 Å². The maximum absolute atomic E-state index is 12.3. The summed E-state index contributed by atoms with van der Waals surface area (Å²) < 4.78 is 0. The van der Waals surface area contributed by atoms with E-state index in [0.29, 0.717) is 25.3 Å². The summed E-state index contributed by atoms with van der Waals surface area (Å²) in [6, 6.07) is 0. The molecule has 0 aromatic carbocycles. The molecule has 4 heteroatoms. The van der Waals surface area contributed by atoms with E-state index in [-0.39, 0.29) is 11.8 Å². The van der Waals surface area contributed by atoms with E-state index in [1.165, 1.54) is 38.5 Å². The van der Waals surface area contributed by atoms with Crippen molar-refractivity contribution in [3.63, 3.8) is 0 Å². The summed E-state index contributed by atoms with van der Waals surface area (Å²) in [5, 5.41) is 9.06. The van der Waals surface area contributed by atoms with Crippen molar-refractivity contribution in [3.05, 3.63) is 0 Å².